The molecule has 0 aliphatic carbocycles. The maximum atomic E-state index is 12.0. The molecule has 2 rings (SSSR count). The van der Waals surface area contributed by atoms with Gasteiger partial charge in [0.15, 0.2) is 0 Å². The normalized spacial score (nSPS) is 10.3. The Morgan fingerprint density at radius 2 is 2.11 bits per heavy atom. The summed E-state index contributed by atoms with van der Waals surface area (Å²) in [4.78, 5) is 16.2. The Hall–Kier alpha value is -1.87. The lowest BCUT2D eigenvalue weighted by atomic mass is 10.1. The molecular formula is C15H15ClN2O. The van der Waals surface area contributed by atoms with E-state index in [2.05, 4.69) is 10.3 Å². The highest BCUT2D eigenvalue weighted by Crippen LogP contribution is 2.18. The quantitative estimate of drug-likeness (QED) is 0.930. The predicted octanol–water partition coefficient (Wildman–Crippen LogP) is 3.53. The second kappa shape index (κ2) is 5.85. The molecule has 1 amide bonds. The minimum Gasteiger partial charge on any atom is -0.324 e. The molecule has 0 spiro atoms. The average Bonchev–Trinajstić information content (AvgIpc) is 2.34. The summed E-state index contributed by atoms with van der Waals surface area (Å²) in [7, 11) is 0. The van der Waals surface area contributed by atoms with Gasteiger partial charge in [-0.1, -0.05) is 23.7 Å². The third-order valence-corrected chi connectivity index (χ3v) is 3.10. The van der Waals surface area contributed by atoms with Gasteiger partial charge < -0.3 is 5.32 Å². The van der Waals surface area contributed by atoms with Crippen molar-refractivity contribution in [2.24, 2.45) is 0 Å². The SMILES string of the molecule is Cc1ccnc(C)c1NC(=O)Cc1cccc(Cl)c1. The number of benzene rings is 1. The highest BCUT2D eigenvalue weighted by atomic mass is 35.5. The highest BCUT2D eigenvalue weighted by molar-refractivity contribution is 6.30. The highest BCUT2D eigenvalue weighted by Gasteiger charge is 2.09. The number of aryl methyl sites for hydroxylation is 2. The maximum Gasteiger partial charge on any atom is 0.228 e. The zero-order valence-corrected chi connectivity index (χ0v) is 11.7. The average molecular weight is 275 g/mol. The number of halogens is 1. The summed E-state index contributed by atoms with van der Waals surface area (Å²) in [5.41, 5.74) is 3.50. The summed E-state index contributed by atoms with van der Waals surface area (Å²) >= 11 is 5.90. The summed E-state index contributed by atoms with van der Waals surface area (Å²) in [6.07, 6.45) is 2.03. The Bertz CT molecular complexity index is 591. The van der Waals surface area contributed by atoms with Crippen molar-refractivity contribution in [1.82, 2.24) is 4.98 Å². The Morgan fingerprint density at radius 3 is 2.79 bits per heavy atom. The van der Waals surface area contributed by atoms with Crippen LogP contribution in [0, 0.1) is 13.8 Å². The number of anilines is 1. The van der Waals surface area contributed by atoms with Crippen molar-refractivity contribution < 1.29 is 4.79 Å². The molecule has 1 heterocycles. The van der Waals surface area contributed by atoms with Crippen LogP contribution in [0.15, 0.2) is 36.5 Å². The van der Waals surface area contributed by atoms with E-state index in [0.29, 0.717) is 11.4 Å². The molecule has 0 aliphatic rings. The summed E-state index contributed by atoms with van der Waals surface area (Å²) in [5, 5.41) is 3.54. The number of nitrogens with zero attached hydrogens (tertiary/aromatic N) is 1. The van der Waals surface area contributed by atoms with Gasteiger partial charge in [0.1, 0.15) is 0 Å². The van der Waals surface area contributed by atoms with Crippen LogP contribution in [0.2, 0.25) is 5.02 Å². The fourth-order valence-electron chi connectivity index (χ4n) is 1.90. The lowest BCUT2D eigenvalue weighted by Gasteiger charge is -2.10. The first-order chi connectivity index (χ1) is 9.06. The van der Waals surface area contributed by atoms with Crippen molar-refractivity contribution in [3.63, 3.8) is 0 Å². The number of carbonyl (C=O) groups is 1. The fraction of sp³-hybridized carbons (Fsp3) is 0.200. The lowest BCUT2D eigenvalue weighted by Crippen LogP contribution is -2.16. The first-order valence-electron chi connectivity index (χ1n) is 6.03. The van der Waals surface area contributed by atoms with Gasteiger partial charge in [-0.15, -0.1) is 0 Å². The van der Waals surface area contributed by atoms with Crippen molar-refractivity contribution >= 4 is 23.2 Å². The molecule has 0 bridgehead atoms. The fourth-order valence-corrected chi connectivity index (χ4v) is 2.11. The lowest BCUT2D eigenvalue weighted by molar-refractivity contribution is -0.115. The van der Waals surface area contributed by atoms with E-state index >= 15 is 0 Å². The summed E-state index contributed by atoms with van der Waals surface area (Å²) in [6, 6.07) is 9.18. The van der Waals surface area contributed by atoms with Gasteiger partial charge in [-0.2, -0.15) is 0 Å². The molecule has 0 atom stereocenters. The Labute approximate surface area is 117 Å². The number of rotatable bonds is 3. The van der Waals surface area contributed by atoms with Crippen molar-refractivity contribution in [3.05, 3.63) is 58.4 Å². The minimum absolute atomic E-state index is 0.0681. The summed E-state index contributed by atoms with van der Waals surface area (Å²) in [5.74, 6) is -0.0681. The third-order valence-electron chi connectivity index (χ3n) is 2.87. The Kier molecular flexibility index (Phi) is 4.17. The number of hydrogen-bond donors (Lipinski definition) is 1. The Morgan fingerprint density at radius 1 is 1.32 bits per heavy atom. The maximum absolute atomic E-state index is 12.0. The van der Waals surface area contributed by atoms with Crippen LogP contribution in [-0.2, 0) is 11.2 Å². The number of hydrogen-bond acceptors (Lipinski definition) is 2. The van der Waals surface area contributed by atoms with Crippen molar-refractivity contribution in [1.29, 1.82) is 0 Å². The van der Waals surface area contributed by atoms with E-state index in [1.54, 1.807) is 18.3 Å². The van der Waals surface area contributed by atoms with Gasteiger partial charge in [0.2, 0.25) is 5.91 Å². The molecule has 0 saturated heterocycles. The molecule has 19 heavy (non-hydrogen) atoms. The second-order valence-corrected chi connectivity index (χ2v) is 4.88. The molecule has 0 fully saturated rings. The molecule has 0 radical (unpaired) electrons. The molecule has 1 aromatic carbocycles. The van der Waals surface area contributed by atoms with E-state index in [1.165, 1.54) is 0 Å². The standard InChI is InChI=1S/C15H15ClN2O/c1-10-6-7-17-11(2)15(10)18-14(19)9-12-4-3-5-13(16)8-12/h3-8H,9H2,1-2H3,(H,18,19). The Balaban J connectivity index is 2.10. The molecule has 0 aliphatic heterocycles. The van der Waals surface area contributed by atoms with Gasteiger partial charge in [-0.25, -0.2) is 0 Å². The number of carbonyl (C=O) groups excluding carboxylic acids is 1. The summed E-state index contributed by atoms with van der Waals surface area (Å²) in [6.45, 7) is 3.83. The molecule has 3 nitrogen and oxygen atoms in total. The van der Waals surface area contributed by atoms with E-state index < -0.39 is 0 Å². The molecule has 0 unspecified atom stereocenters. The molecule has 2 aromatic rings. The smallest absolute Gasteiger partial charge is 0.228 e. The van der Waals surface area contributed by atoms with Crippen LogP contribution in [-0.4, -0.2) is 10.9 Å². The van der Waals surface area contributed by atoms with Crippen LogP contribution in [0.1, 0.15) is 16.8 Å². The monoisotopic (exact) mass is 274 g/mol. The zero-order chi connectivity index (χ0) is 13.8. The topological polar surface area (TPSA) is 42.0 Å². The van der Waals surface area contributed by atoms with Crippen LogP contribution in [0.25, 0.3) is 0 Å². The summed E-state index contributed by atoms with van der Waals surface area (Å²) < 4.78 is 0. The molecule has 1 aromatic heterocycles. The molecule has 98 valence electrons. The molecule has 4 heteroatoms. The van der Waals surface area contributed by atoms with Crippen molar-refractivity contribution in [3.8, 4) is 0 Å². The molecular weight excluding hydrogens is 260 g/mol. The van der Waals surface area contributed by atoms with Crippen LogP contribution in [0.5, 0.6) is 0 Å². The molecule has 1 N–H and O–H groups in total. The van der Waals surface area contributed by atoms with E-state index in [0.717, 1.165) is 22.5 Å². The predicted molar refractivity (Wildman–Crippen MR) is 77.5 cm³/mol. The van der Waals surface area contributed by atoms with E-state index in [1.807, 2.05) is 32.0 Å². The second-order valence-electron chi connectivity index (χ2n) is 4.44. The van der Waals surface area contributed by atoms with Gasteiger partial charge in [-0.3, -0.25) is 9.78 Å². The largest absolute Gasteiger partial charge is 0.324 e. The van der Waals surface area contributed by atoms with Crippen LogP contribution in [0.4, 0.5) is 5.69 Å². The zero-order valence-electron chi connectivity index (χ0n) is 10.9. The third kappa shape index (κ3) is 3.55. The van der Waals surface area contributed by atoms with E-state index in [-0.39, 0.29) is 5.91 Å². The number of amides is 1. The van der Waals surface area contributed by atoms with Gasteiger partial charge in [0.05, 0.1) is 17.8 Å². The first-order valence-corrected chi connectivity index (χ1v) is 6.40. The van der Waals surface area contributed by atoms with Crippen molar-refractivity contribution in [2.75, 3.05) is 5.32 Å². The number of pyridine rings is 1. The number of nitrogens with one attached hydrogen (secondary N) is 1. The minimum atomic E-state index is -0.0681. The van der Waals surface area contributed by atoms with Crippen molar-refractivity contribution in [2.45, 2.75) is 20.3 Å². The number of aromatic nitrogens is 1. The first kappa shape index (κ1) is 13.6. The van der Waals surface area contributed by atoms with E-state index in [4.69, 9.17) is 11.6 Å². The van der Waals surface area contributed by atoms with Crippen LogP contribution in [0.3, 0.4) is 0 Å². The van der Waals surface area contributed by atoms with Crippen LogP contribution >= 0.6 is 11.6 Å². The van der Waals surface area contributed by atoms with Gasteiger partial charge >= 0.3 is 0 Å². The van der Waals surface area contributed by atoms with Gasteiger partial charge in [0.25, 0.3) is 0 Å². The van der Waals surface area contributed by atoms with E-state index in [9.17, 15) is 4.79 Å². The van der Waals surface area contributed by atoms with Gasteiger partial charge in [0, 0.05) is 11.2 Å². The van der Waals surface area contributed by atoms with Crippen LogP contribution < -0.4 is 5.32 Å². The van der Waals surface area contributed by atoms with Gasteiger partial charge in [-0.05, 0) is 43.2 Å². The molecule has 0 saturated carbocycles.